The van der Waals surface area contributed by atoms with Crippen LogP contribution in [0.4, 0.5) is 22.2 Å². The first kappa shape index (κ1) is 33.9. The van der Waals surface area contributed by atoms with Crippen molar-refractivity contribution < 1.29 is 24.2 Å². The molecule has 1 unspecified atom stereocenters. The molecule has 0 radical (unpaired) electrons. The second kappa shape index (κ2) is 16.9. The van der Waals surface area contributed by atoms with Crippen molar-refractivity contribution in [3.63, 3.8) is 0 Å². The van der Waals surface area contributed by atoms with Gasteiger partial charge in [0, 0.05) is 32.6 Å². The van der Waals surface area contributed by atoms with Crippen LogP contribution in [0.3, 0.4) is 0 Å². The van der Waals surface area contributed by atoms with E-state index in [0.717, 1.165) is 12.8 Å². The highest BCUT2D eigenvalue weighted by Crippen LogP contribution is 2.29. The molecule has 0 aliphatic carbocycles. The molecule has 0 bridgehead atoms. The lowest BCUT2D eigenvalue weighted by Gasteiger charge is -2.26. The summed E-state index contributed by atoms with van der Waals surface area (Å²) in [6, 6.07) is 9.08. The molecule has 0 fully saturated rings. The minimum atomic E-state index is -1.12. The summed E-state index contributed by atoms with van der Waals surface area (Å²) in [7, 11) is 0. The average Bonchev–Trinajstić information content (AvgIpc) is 3.56. The van der Waals surface area contributed by atoms with Crippen LogP contribution in [0.25, 0.3) is 0 Å². The molecular formula is C32H40N6O5S. The van der Waals surface area contributed by atoms with Gasteiger partial charge < -0.3 is 25.0 Å². The van der Waals surface area contributed by atoms with Crippen LogP contribution in [-0.4, -0.2) is 76.7 Å². The van der Waals surface area contributed by atoms with E-state index in [1.807, 2.05) is 32.6 Å². The molecule has 0 saturated heterocycles. The molecule has 2 N–H and O–H groups in total. The number of hydrogen-bond acceptors (Lipinski definition) is 9. The molecule has 11 nitrogen and oxygen atoms in total. The number of carbonyl (C=O) groups is 3. The van der Waals surface area contributed by atoms with Gasteiger partial charge in [-0.1, -0.05) is 38.0 Å². The van der Waals surface area contributed by atoms with Crippen molar-refractivity contribution in [2.24, 2.45) is 0 Å². The van der Waals surface area contributed by atoms with E-state index in [2.05, 4.69) is 21.2 Å². The van der Waals surface area contributed by atoms with Crippen LogP contribution in [0.2, 0.25) is 0 Å². The Morgan fingerprint density at radius 3 is 2.30 bits per heavy atom. The van der Waals surface area contributed by atoms with Gasteiger partial charge in [-0.3, -0.25) is 9.69 Å². The van der Waals surface area contributed by atoms with Gasteiger partial charge in [0.25, 0.3) is 5.91 Å². The first-order valence-corrected chi connectivity index (χ1v) is 15.6. The average molecular weight is 621 g/mol. The van der Waals surface area contributed by atoms with Crippen LogP contribution in [0.15, 0.2) is 48.0 Å². The van der Waals surface area contributed by atoms with E-state index in [-0.39, 0.29) is 30.4 Å². The van der Waals surface area contributed by atoms with E-state index < -0.39 is 18.1 Å². The molecule has 44 heavy (non-hydrogen) atoms. The lowest BCUT2D eigenvalue weighted by atomic mass is 10.1. The lowest BCUT2D eigenvalue weighted by Crippen LogP contribution is -2.36. The number of carbonyl (C=O) groups excluding carboxylic acids is 2. The summed E-state index contributed by atoms with van der Waals surface area (Å²) in [5, 5.41) is 15.0. The van der Waals surface area contributed by atoms with Crippen molar-refractivity contribution in [3.8, 4) is 18.1 Å². The maximum absolute atomic E-state index is 13.4. The fraction of sp³-hybridized carbons (Fsp3) is 0.406. The summed E-state index contributed by atoms with van der Waals surface area (Å²) in [5.74, 6) is 1.99. The summed E-state index contributed by atoms with van der Waals surface area (Å²) in [5.41, 5.74) is 0.966. The number of nitrogens with one attached hydrogen (secondary N) is 1. The zero-order valence-electron chi connectivity index (χ0n) is 25.7. The van der Waals surface area contributed by atoms with Crippen LogP contribution in [-0.2, 0) is 11.2 Å². The van der Waals surface area contributed by atoms with Crippen molar-refractivity contribution in [2.45, 2.75) is 53.0 Å². The second-order valence-corrected chi connectivity index (χ2v) is 10.8. The zero-order chi connectivity index (χ0) is 32.1. The molecule has 2 heterocycles. The van der Waals surface area contributed by atoms with Crippen LogP contribution in [0, 0.1) is 12.3 Å². The molecular weight excluding hydrogens is 580 g/mol. The van der Waals surface area contributed by atoms with Crippen molar-refractivity contribution in [1.29, 1.82) is 0 Å². The normalized spacial score (nSPS) is 11.2. The van der Waals surface area contributed by atoms with E-state index >= 15 is 0 Å². The highest BCUT2D eigenvalue weighted by atomic mass is 32.1. The number of aliphatic carboxylic acids is 1. The molecule has 234 valence electrons. The fourth-order valence-corrected chi connectivity index (χ4v) is 5.19. The number of amides is 2. The Labute approximate surface area is 262 Å². The molecule has 2 amide bonds. The number of rotatable bonds is 16. The standard InChI is InChI=1S/C32H40N6O5S/c1-6-17-37(18-7-2)32(42)43-24-15-13-23(14-16-24)21-25(30(40)41)34-28-26(22-33-31(35-28)36(9-4)10-5)38(19-8-3)29(39)27-12-11-20-44-27/h3,11-16,20,22,25H,6-7,9-10,17-19,21H2,1-2,4-5H3,(H,40,41)(H,33,34,35). The number of ether oxygens (including phenoxy) is 1. The fourth-order valence-electron chi connectivity index (χ4n) is 4.51. The molecule has 1 aromatic carbocycles. The SMILES string of the molecule is C#CCN(C(=O)c1cccs1)c1cnc(N(CC)CC)nc1NC(Cc1ccc(OC(=O)N(CCC)CCC)cc1)C(=O)O. The molecule has 3 aromatic rings. The van der Waals surface area contributed by atoms with Crippen LogP contribution in [0.1, 0.15) is 55.8 Å². The van der Waals surface area contributed by atoms with Gasteiger partial charge in [0.1, 0.15) is 17.5 Å². The van der Waals surface area contributed by atoms with Gasteiger partial charge in [0.15, 0.2) is 5.82 Å². The number of nitrogens with zero attached hydrogens (tertiary/aromatic N) is 5. The molecule has 0 aliphatic rings. The van der Waals surface area contributed by atoms with Crippen LogP contribution in [0.5, 0.6) is 5.75 Å². The second-order valence-electron chi connectivity index (χ2n) is 9.89. The maximum atomic E-state index is 13.4. The van der Waals surface area contributed by atoms with Gasteiger partial charge in [-0.15, -0.1) is 17.8 Å². The maximum Gasteiger partial charge on any atom is 0.415 e. The van der Waals surface area contributed by atoms with Crippen LogP contribution >= 0.6 is 11.3 Å². The molecule has 0 saturated carbocycles. The van der Waals surface area contributed by atoms with Gasteiger partial charge >= 0.3 is 12.1 Å². The lowest BCUT2D eigenvalue weighted by molar-refractivity contribution is -0.137. The molecule has 1 atom stereocenters. The Hall–Kier alpha value is -4.63. The van der Waals surface area contributed by atoms with Crippen molar-refractivity contribution >= 4 is 46.8 Å². The van der Waals surface area contributed by atoms with Crippen molar-refractivity contribution in [3.05, 3.63) is 58.4 Å². The Bertz CT molecular complexity index is 1410. The minimum absolute atomic E-state index is 0.0642. The van der Waals surface area contributed by atoms with Gasteiger partial charge in [-0.05, 0) is 55.8 Å². The largest absolute Gasteiger partial charge is 0.480 e. The number of aromatic nitrogens is 2. The molecule has 2 aromatic heterocycles. The number of benzene rings is 1. The smallest absolute Gasteiger partial charge is 0.415 e. The van der Waals surface area contributed by atoms with Gasteiger partial charge in [-0.25, -0.2) is 14.6 Å². The first-order chi connectivity index (χ1) is 21.3. The number of carboxylic acids is 1. The highest BCUT2D eigenvalue weighted by Gasteiger charge is 2.27. The summed E-state index contributed by atoms with van der Waals surface area (Å²) in [6.07, 6.45) is 8.44. The number of anilines is 3. The Kier molecular flexibility index (Phi) is 13.0. The molecule has 3 rings (SSSR count). The van der Waals surface area contributed by atoms with E-state index in [4.69, 9.17) is 11.2 Å². The third kappa shape index (κ3) is 8.94. The van der Waals surface area contributed by atoms with Crippen molar-refractivity contribution in [1.82, 2.24) is 14.9 Å². The molecule has 0 aliphatic heterocycles. The topological polar surface area (TPSA) is 128 Å². The number of carboxylic acid groups (broad SMARTS) is 1. The summed E-state index contributed by atoms with van der Waals surface area (Å²) < 4.78 is 5.54. The monoisotopic (exact) mass is 620 g/mol. The Morgan fingerprint density at radius 1 is 1.07 bits per heavy atom. The van der Waals surface area contributed by atoms with Crippen LogP contribution < -0.4 is 19.9 Å². The molecule has 12 heteroatoms. The Balaban J connectivity index is 1.90. The zero-order valence-corrected chi connectivity index (χ0v) is 26.5. The predicted octanol–water partition coefficient (Wildman–Crippen LogP) is 5.39. The number of hydrogen-bond donors (Lipinski definition) is 2. The van der Waals surface area contributed by atoms with Gasteiger partial charge in [0.05, 0.1) is 17.6 Å². The molecule has 0 spiro atoms. The third-order valence-corrected chi connectivity index (χ3v) is 7.60. The minimum Gasteiger partial charge on any atom is -0.480 e. The van der Waals surface area contributed by atoms with E-state index in [9.17, 15) is 19.5 Å². The van der Waals surface area contributed by atoms with E-state index in [1.54, 1.807) is 46.7 Å². The summed E-state index contributed by atoms with van der Waals surface area (Å²) >= 11 is 1.28. The first-order valence-electron chi connectivity index (χ1n) is 14.7. The van der Waals surface area contributed by atoms with Crippen molar-refractivity contribution in [2.75, 3.05) is 47.8 Å². The quantitative estimate of drug-likeness (QED) is 0.203. The number of terminal acetylenes is 1. The van der Waals surface area contributed by atoms with Gasteiger partial charge in [0.2, 0.25) is 5.95 Å². The highest BCUT2D eigenvalue weighted by molar-refractivity contribution is 7.12. The Morgan fingerprint density at radius 2 is 1.75 bits per heavy atom. The van der Waals surface area contributed by atoms with E-state index in [1.165, 1.54) is 22.4 Å². The third-order valence-electron chi connectivity index (χ3n) is 6.74. The summed E-state index contributed by atoms with van der Waals surface area (Å²) in [6.45, 7) is 10.3. The summed E-state index contributed by atoms with van der Waals surface area (Å²) in [4.78, 5) is 53.0. The number of thiophene rings is 1. The van der Waals surface area contributed by atoms with E-state index in [0.29, 0.717) is 48.3 Å². The predicted molar refractivity (Wildman–Crippen MR) is 174 cm³/mol. The van der Waals surface area contributed by atoms with Gasteiger partial charge in [-0.2, -0.15) is 4.98 Å².